The van der Waals surface area contributed by atoms with Crippen LogP contribution in [0.4, 0.5) is 8.78 Å². The minimum atomic E-state index is -3.11. The van der Waals surface area contributed by atoms with Crippen LogP contribution in [0.3, 0.4) is 0 Å². The van der Waals surface area contributed by atoms with Crippen molar-refractivity contribution in [2.24, 2.45) is 11.8 Å². The zero-order valence-corrected chi connectivity index (χ0v) is 19.1. The van der Waals surface area contributed by atoms with Crippen molar-refractivity contribution in [1.29, 1.82) is 0 Å². The van der Waals surface area contributed by atoms with Crippen LogP contribution in [-0.4, -0.2) is 26.5 Å². The average Bonchev–Trinajstić information content (AvgIpc) is 2.76. The molecule has 31 heavy (non-hydrogen) atoms. The van der Waals surface area contributed by atoms with Gasteiger partial charge in [0.2, 0.25) is 0 Å². The zero-order chi connectivity index (χ0) is 22.2. The molecule has 3 nitrogen and oxygen atoms in total. The first-order valence-electron chi connectivity index (χ1n) is 10.8. The highest BCUT2D eigenvalue weighted by Crippen LogP contribution is 2.55. The number of fused-ring (bicyclic) bond motifs is 3. The molecular formula is C24H27ClF2O3S. The maximum Gasteiger partial charge on any atom is 0.165 e. The van der Waals surface area contributed by atoms with Gasteiger partial charge in [-0.3, -0.25) is 0 Å². The Morgan fingerprint density at radius 1 is 1.13 bits per heavy atom. The smallest absolute Gasteiger partial charge is 0.165 e. The molecule has 0 bridgehead atoms. The maximum absolute atomic E-state index is 15.2. The van der Waals surface area contributed by atoms with Crippen molar-refractivity contribution in [3.05, 3.63) is 64.2 Å². The molecular weight excluding hydrogens is 442 g/mol. The van der Waals surface area contributed by atoms with Crippen LogP contribution in [0.2, 0.25) is 5.02 Å². The number of ether oxygens (including phenoxy) is 1. The predicted octanol–water partition coefficient (Wildman–Crippen LogP) is 5.73. The lowest BCUT2D eigenvalue weighted by molar-refractivity contribution is 0.0317. The standard InChI is InChI=1S/C24H27ClF2O3S/c1-2-31(28,29)13-11-17-4-3-12-24(14-16-5-7-18(25)8-6-16)19(17)15-30-23-21(27)10-9-20(26)22(23)24/h5-10,17,19H,2-4,11-15H2,1H3/t17-,19-,24-/m1/s1. The SMILES string of the molecule is CCS(=O)(=O)CC[C@H]1CCC[C@]2(Cc3ccc(Cl)cc3)c3c(F)ccc(F)c3OC[C@H]12. The lowest BCUT2D eigenvalue weighted by Gasteiger charge is -2.52. The van der Waals surface area contributed by atoms with Crippen LogP contribution in [0.25, 0.3) is 0 Å². The summed E-state index contributed by atoms with van der Waals surface area (Å²) in [6, 6.07) is 9.74. The van der Waals surface area contributed by atoms with Gasteiger partial charge in [0.15, 0.2) is 11.6 Å². The molecule has 4 rings (SSSR count). The Morgan fingerprint density at radius 2 is 1.84 bits per heavy atom. The van der Waals surface area contributed by atoms with Crippen molar-refractivity contribution in [3.63, 3.8) is 0 Å². The first-order valence-corrected chi connectivity index (χ1v) is 13.0. The van der Waals surface area contributed by atoms with Gasteiger partial charge in [0.25, 0.3) is 0 Å². The molecule has 2 aromatic carbocycles. The second-order valence-electron chi connectivity index (χ2n) is 8.79. The highest BCUT2D eigenvalue weighted by atomic mass is 35.5. The minimum absolute atomic E-state index is 0.00652. The quantitative estimate of drug-likeness (QED) is 0.543. The van der Waals surface area contributed by atoms with E-state index in [1.807, 2.05) is 12.1 Å². The highest BCUT2D eigenvalue weighted by molar-refractivity contribution is 7.91. The fourth-order valence-electron chi connectivity index (χ4n) is 5.53. The van der Waals surface area contributed by atoms with Crippen molar-refractivity contribution in [1.82, 2.24) is 0 Å². The average molecular weight is 469 g/mol. The van der Waals surface area contributed by atoms with E-state index in [2.05, 4.69) is 0 Å². The Balaban J connectivity index is 1.78. The molecule has 2 aromatic rings. The topological polar surface area (TPSA) is 43.4 Å². The Labute approximate surface area is 187 Å². The normalized spacial score (nSPS) is 25.4. The Bertz CT molecular complexity index is 1060. The molecule has 0 N–H and O–H groups in total. The van der Waals surface area contributed by atoms with Gasteiger partial charge >= 0.3 is 0 Å². The molecule has 1 saturated carbocycles. The van der Waals surface area contributed by atoms with E-state index in [9.17, 15) is 12.8 Å². The van der Waals surface area contributed by atoms with E-state index < -0.39 is 26.9 Å². The predicted molar refractivity (Wildman–Crippen MR) is 118 cm³/mol. The van der Waals surface area contributed by atoms with Crippen LogP contribution < -0.4 is 4.74 Å². The lowest BCUT2D eigenvalue weighted by atomic mass is 9.55. The fourth-order valence-corrected chi connectivity index (χ4v) is 6.61. The van der Waals surface area contributed by atoms with Gasteiger partial charge in [-0.25, -0.2) is 17.2 Å². The van der Waals surface area contributed by atoms with Crippen LogP contribution in [0.5, 0.6) is 5.75 Å². The molecule has 0 saturated heterocycles. The summed E-state index contributed by atoms with van der Waals surface area (Å²) < 4.78 is 59.9. The van der Waals surface area contributed by atoms with Gasteiger partial charge in [0.1, 0.15) is 15.7 Å². The number of hydrogen-bond donors (Lipinski definition) is 0. The molecule has 0 aromatic heterocycles. The number of rotatable bonds is 6. The lowest BCUT2D eigenvalue weighted by Crippen LogP contribution is -2.51. The Morgan fingerprint density at radius 3 is 2.55 bits per heavy atom. The second-order valence-corrected chi connectivity index (χ2v) is 11.7. The number of sulfone groups is 1. The summed E-state index contributed by atoms with van der Waals surface area (Å²) in [6.45, 7) is 1.91. The molecule has 1 aliphatic heterocycles. The van der Waals surface area contributed by atoms with Crippen molar-refractivity contribution < 1.29 is 21.9 Å². The van der Waals surface area contributed by atoms with E-state index in [4.69, 9.17) is 16.3 Å². The van der Waals surface area contributed by atoms with Gasteiger partial charge in [-0.15, -0.1) is 0 Å². The summed E-state index contributed by atoms with van der Waals surface area (Å²) in [6.07, 6.45) is 3.44. The summed E-state index contributed by atoms with van der Waals surface area (Å²) >= 11 is 6.05. The third-order valence-corrected chi connectivity index (χ3v) is 9.10. The van der Waals surface area contributed by atoms with Gasteiger partial charge in [0, 0.05) is 27.7 Å². The van der Waals surface area contributed by atoms with E-state index in [-0.39, 0.29) is 35.7 Å². The molecule has 7 heteroatoms. The number of halogens is 3. The summed E-state index contributed by atoms with van der Waals surface area (Å²) in [5.74, 6) is -0.810. The van der Waals surface area contributed by atoms with E-state index in [0.29, 0.717) is 29.8 Å². The molecule has 2 aliphatic rings. The largest absolute Gasteiger partial charge is 0.490 e. The summed E-state index contributed by atoms with van der Waals surface area (Å²) in [4.78, 5) is 0. The van der Waals surface area contributed by atoms with E-state index in [1.165, 1.54) is 6.07 Å². The van der Waals surface area contributed by atoms with E-state index in [0.717, 1.165) is 24.5 Å². The van der Waals surface area contributed by atoms with Crippen molar-refractivity contribution in [2.75, 3.05) is 18.1 Å². The molecule has 0 radical (unpaired) electrons. The van der Waals surface area contributed by atoms with Gasteiger partial charge in [-0.1, -0.05) is 37.1 Å². The molecule has 1 heterocycles. The van der Waals surface area contributed by atoms with Crippen LogP contribution in [-0.2, 0) is 21.7 Å². The first-order chi connectivity index (χ1) is 14.8. The Kier molecular flexibility index (Phi) is 6.32. The molecule has 1 fully saturated rings. The number of benzene rings is 2. The molecule has 0 unspecified atom stereocenters. The van der Waals surface area contributed by atoms with Crippen LogP contribution in [0.1, 0.15) is 43.7 Å². The van der Waals surface area contributed by atoms with Crippen LogP contribution >= 0.6 is 11.6 Å². The third kappa shape index (κ3) is 4.34. The monoisotopic (exact) mass is 468 g/mol. The van der Waals surface area contributed by atoms with Gasteiger partial charge in [-0.05, 0) is 61.4 Å². The number of hydrogen-bond acceptors (Lipinski definition) is 3. The highest BCUT2D eigenvalue weighted by Gasteiger charge is 2.52. The van der Waals surface area contributed by atoms with Crippen molar-refractivity contribution in [2.45, 2.75) is 44.4 Å². The van der Waals surface area contributed by atoms with Crippen LogP contribution in [0.15, 0.2) is 36.4 Å². The van der Waals surface area contributed by atoms with Crippen LogP contribution in [0, 0.1) is 23.5 Å². The van der Waals surface area contributed by atoms with Gasteiger partial charge in [0.05, 0.1) is 12.4 Å². The van der Waals surface area contributed by atoms with Gasteiger partial charge < -0.3 is 4.74 Å². The minimum Gasteiger partial charge on any atom is -0.490 e. The van der Waals surface area contributed by atoms with E-state index in [1.54, 1.807) is 19.1 Å². The molecule has 0 spiro atoms. The molecule has 3 atom stereocenters. The summed E-state index contributed by atoms with van der Waals surface area (Å²) in [5, 5.41) is 0.619. The van der Waals surface area contributed by atoms with Crippen molar-refractivity contribution in [3.8, 4) is 5.75 Å². The summed E-state index contributed by atoms with van der Waals surface area (Å²) in [7, 11) is -3.11. The van der Waals surface area contributed by atoms with Crippen molar-refractivity contribution >= 4 is 21.4 Å². The molecule has 168 valence electrons. The Hall–Kier alpha value is -1.66. The second kappa shape index (κ2) is 8.70. The third-order valence-electron chi connectivity index (χ3n) is 7.11. The fraction of sp³-hybridized carbons (Fsp3) is 0.500. The van der Waals surface area contributed by atoms with Gasteiger partial charge in [-0.2, -0.15) is 0 Å². The van der Waals surface area contributed by atoms with E-state index >= 15 is 4.39 Å². The maximum atomic E-state index is 15.2. The first kappa shape index (κ1) is 22.5. The molecule has 0 amide bonds. The summed E-state index contributed by atoms with van der Waals surface area (Å²) in [5.41, 5.74) is 0.654. The zero-order valence-electron chi connectivity index (χ0n) is 17.5. The molecule has 1 aliphatic carbocycles.